The number of para-hydroxylation sites is 2. The highest BCUT2D eigenvalue weighted by atomic mass is 35.5. The summed E-state index contributed by atoms with van der Waals surface area (Å²) in [6.45, 7) is 1.66. The average molecular weight is 611 g/mol. The van der Waals surface area contributed by atoms with Crippen LogP contribution in [-0.2, 0) is 14.9 Å². The van der Waals surface area contributed by atoms with Crippen molar-refractivity contribution in [3.05, 3.63) is 97.4 Å². The third-order valence-corrected chi connectivity index (χ3v) is 10.1. The van der Waals surface area contributed by atoms with Gasteiger partial charge in [0.15, 0.2) is 0 Å². The lowest BCUT2D eigenvalue weighted by Crippen LogP contribution is -2.34. The van der Waals surface area contributed by atoms with Crippen LogP contribution in [0.15, 0.2) is 92.5 Å². The lowest BCUT2D eigenvalue weighted by molar-refractivity contribution is -0.112. The van der Waals surface area contributed by atoms with Gasteiger partial charge in [-0.3, -0.25) is 18.7 Å². The summed E-state index contributed by atoms with van der Waals surface area (Å²) in [6.07, 6.45) is 0. The largest absolute Gasteiger partial charge is 0.337 e. The van der Waals surface area contributed by atoms with E-state index in [4.69, 9.17) is 11.6 Å². The van der Waals surface area contributed by atoms with Gasteiger partial charge in [-0.15, -0.1) is 11.3 Å². The maximum atomic E-state index is 14.0. The predicted molar refractivity (Wildman–Crippen MR) is 159 cm³/mol. The molecule has 0 radical (unpaired) electrons. The summed E-state index contributed by atoms with van der Waals surface area (Å²) < 4.78 is 34.8. The molecule has 9 nitrogen and oxygen atoms in total. The van der Waals surface area contributed by atoms with Crippen LogP contribution < -0.4 is 24.7 Å². The molecule has 2 aliphatic rings. The van der Waals surface area contributed by atoms with Gasteiger partial charge >= 0.3 is 0 Å². The van der Waals surface area contributed by atoms with Crippen LogP contribution >= 0.6 is 34.7 Å². The van der Waals surface area contributed by atoms with Crippen molar-refractivity contribution in [2.45, 2.75) is 16.7 Å². The Morgan fingerprint density at radius 2 is 1.65 bits per heavy atom. The standard InChI is InChI=1S/C27H19ClN4O5S3/c1-15-22(24(33)32(29-15)19-13-12-17(14-18(19)28)40(35,36)37)26-31(16-8-4-3-5-9-16)25(34)23(39-26)27-30(2)20-10-6-7-11-21(20)38-27/h3-14H,1-2H3,(H,35,36,37)/b26-22+,27-23-. The van der Waals surface area contributed by atoms with Crippen molar-refractivity contribution in [2.24, 2.45) is 5.10 Å². The summed E-state index contributed by atoms with van der Waals surface area (Å²) in [5.41, 5.74) is 2.02. The second kappa shape index (κ2) is 9.75. The van der Waals surface area contributed by atoms with Crippen LogP contribution in [0.2, 0.25) is 5.02 Å². The molecule has 0 bridgehead atoms. The lowest BCUT2D eigenvalue weighted by atomic mass is 10.2. The molecule has 0 saturated carbocycles. The molecule has 1 N–H and O–H groups in total. The zero-order valence-electron chi connectivity index (χ0n) is 20.9. The van der Waals surface area contributed by atoms with Gasteiger partial charge in [0, 0.05) is 11.9 Å². The number of nitrogens with zero attached hydrogens (tertiary/aromatic N) is 4. The van der Waals surface area contributed by atoms with Gasteiger partial charge in [-0.2, -0.15) is 18.5 Å². The summed E-state index contributed by atoms with van der Waals surface area (Å²) in [5, 5.41) is 6.14. The number of thiazole rings is 1. The zero-order valence-corrected chi connectivity index (χ0v) is 24.1. The quantitative estimate of drug-likeness (QED) is 0.352. The van der Waals surface area contributed by atoms with E-state index >= 15 is 0 Å². The van der Waals surface area contributed by atoms with Gasteiger partial charge in [0.2, 0.25) is 0 Å². The van der Waals surface area contributed by atoms with Crippen molar-refractivity contribution in [3.8, 4) is 5.69 Å². The van der Waals surface area contributed by atoms with E-state index in [0.29, 0.717) is 20.6 Å². The van der Waals surface area contributed by atoms with E-state index in [9.17, 15) is 22.6 Å². The number of benzene rings is 3. The Bertz CT molecular complexity index is 2050. The van der Waals surface area contributed by atoms with Crippen molar-refractivity contribution >= 4 is 78.4 Å². The van der Waals surface area contributed by atoms with Crippen LogP contribution in [0.3, 0.4) is 0 Å². The van der Waals surface area contributed by atoms with Crippen LogP contribution in [0.25, 0.3) is 16.3 Å². The summed E-state index contributed by atoms with van der Waals surface area (Å²) in [5.74, 6) is -0.530. The van der Waals surface area contributed by atoms with E-state index in [1.165, 1.54) is 33.7 Å². The summed E-state index contributed by atoms with van der Waals surface area (Å²) in [7, 11) is -2.58. The molecule has 202 valence electrons. The first-order valence-electron chi connectivity index (χ1n) is 11.8. The molecule has 3 heterocycles. The molecule has 0 aliphatic carbocycles. The molecule has 3 aromatic carbocycles. The van der Waals surface area contributed by atoms with Crippen molar-refractivity contribution in [2.75, 3.05) is 17.0 Å². The number of hydrazone groups is 1. The van der Waals surface area contributed by atoms with E-state index in [1.807, 2.05) is 54.4 Å². The van der Waals surface area contributed by atoms with Gasteiger partial charge < -0.3 is 4.90 Å². The Morgan fingerprint density at radius 1 is 0.950 bits per heavy atom. The first-order valence-corrected chi connectivity index (χ1v) is 15.2. The lowest BCUT2D eigenvalue weighted by Gasteiger charge is -2.14. The minimum absolute atomic E-state index is 0.0918. The number of carbonyl (C=O) groups is 1. The average Bonchev–Trinajstić information content (AvgIpc) is 3.54. The molecule has 0 unspecified atom stereocenters. The van der Waals surface area contributed by atoms with Crippen LogP contribution in [0, 0.1) is 0 Å². The maximum Gasteiger partial charge on any atom is 0.294 e. The highest BCUT2D eigenvalue weighted by Gasteiger charge is 2.34. The van der Waals surface area contributed by atoms with Gasteiger partial charge in [0.1, 0.15) is 14.2 Å². The molecule has 1 amide bonds. The van der Waals surface area contributed by atoms with E-state index in [1.54, 1.807) is 19.1 Å². The monoisotopic (exact) mass is 610 g/mol. The van der Waals surface area contributed by atoms with Gasteiger partial charge in [-0.05, 0) is 49.4 Å². The molecule has 4 aromatic rings. The molecular formula is C27H19ClN4O5S3. The molecule has 0 fully saturated rings. The first-order chi connectivity index (χ1) is 19.1. The molecule has 0 spiro atoms. The Labute approximate surface area is 241 Å². The number of amides is 1. The number of rotatable bonds is 3. The molecule has 40 heavy (non-hydrogen) atoms. The van der Waals surface area contributed by atoms with Crippen LogP contribution in [0.4, 0.5) is 11.4 Å². The van der Waals surface area contributed by atoms with Gasteiger partial charge in [-0.1, -0.05) is 53.7 Å². The maximum absolute atomic E-state index is 14.0. The highest BCUT2D eigenvalue weighted by molar-refractivity contribution is 8.08. The van der Waals surface area contributed by atoms with Crippen molar-refractivity contribution in [1.82, 2.24) is 4.57 Å². The smallest absolute Gasteiger partial charge is 0.294 e. The minimum Gasteiger partial charge on any atom is -0.337 e. The number of carbonyl (C=O) groups excluding carboxylic acids is 1. The topological polar surface area (TPSA) is 112 Å². The Morgan fingerprint density at radius 3 is 2.33 bits per heavy atom. The fourth-order valence-electron chi connectivity index (χ4n) is 4.53. The second-order valence-electron chi connectivity index (χ2n) is 8.91. The molecule has 0 atom stereocenters. The van der Waals surface area contributed by atoms with Crippen molar-refractivity contribution in [3.63, 3.8) is 0 Å². The normalized spacial score (nSPS) is 17.9. The predicted octanol–water partition coefficient (Wildman–Crippen LogP) is 3.68. The molecule has 1 aromatic heterocycles. The number of aromatic nitrogens is 1. The van der Waals surface area contributed by atoms with Gasteiger partial charge in [-0.25, -0.2) is 0 Å². The van der Waals surface area contributed by atoms with E-state index in [-0.39, 0.29) is 21.8 Å². The number of fused-ring (bicyclic) bond motifs is 1. The minimum atomic E-state index is -4.49. The SMILES string of the molecule is CC1=NN(c2ccc(S(=O)(=O)O)cc2Cl)C(=O)/C1=c1/s/c(=C2\Sc3ccccc3N2C)c(=O)n1-c1ccccc1. The van der Waals surface area contributed by atoms with Crippen molar-refractivity contribution in [1.29, 1.82) is 0 Å². The molecule has 0 saturated heterocycles. The van der Waals surface area contributed by atoms with E-state index < -0.39 is 20.9 Å². The Balaban J connectivity index is 1.59. The van der Waals surface area contributed by atoms with Crippen LogP contribution in [0.1, 0.15) is 6.92 Å². The number of hydrogen-bond acceptors (Lipinski definition) is 8. The summed E-state index contributed by atoms with van der Waals surface area (Å²) >= 11 is 9.01. The zero-order chi connectivity index (χ0) is 28.3. The number of thioether (sulfide) groups is 1. The summed E-state index contributed by atoms with van der Waals surface area (Å²) in [6, 6.07) is 20.4. The molecule has 13 heteroatoms. The van der Waals surface area contributed by atoms with E-state index in [0.717, 1.165) is 32.8 Å². The van der Waals surface area contributed by atoms with Crippen molar-refractivity contribution < 1.29 is 17.8 Å². The molecular weight excluding hydrogens is 592 g/mol. The molecule has 6 rings (SSSR count). The summed E-state index contributed by atoms with van der Waals surface area (Å²) in [4.78, 5) is 30.4. The molecule has 2 aliphatic heterocycles. The third-order valence-electron chi connectivity index (χ3n) is 6.42. The fraction of sp³-hybridized carbons (Fsp3) is 0.0741. The Hall–Kier alpha value is -3.68. The number of halogens is 1. The third kappa shape index (κ3) is 4.28. The van der Waals surface area contributed by atoms with Gasteiger partial charge in [0.05, 0.1) is 38.3 Å². The fourth-order valence-corrected chi connectivity index (χ4v) is 7.90. The van der Waals surface area contributed by atoms with Crippen LogP contribution in [0.5, 0.6) is 0 Å². The second-order valence-corrected chi connectivity index (χ2v) is 12.8. The van der Waals surface area contributed by atoms with E-state index in [2.05, 4.69) is 5.10 Å². The van der Waals surface area contributed by atoms with Gasteiger partial charge in [0.25, 0.3) is 21.6 Å². The first kappa shape index (κ1) is 26.5. The Kier molecular flexibility index (Phi) is 6.47. The highest BCUT2D eigenvalue weighted by Crippen LogP contribution is 2.45. The number of anilines is 2. The number of hydrogen-bond donors (Lipinski definition) is 1. The van der Waals surface area contributed by atoms with Crippen LogP contribution in [-0.4, -0.2) is 36.2 Å².